The molecule has 0 fully saturated rings. The Labute approximate surface area is 116 Å². The van der Waals surface area contributed by atoms with Gasteiger partial charge in [-0.25, -0.2) is 4.39 Å². The van der Waals surface area contributed by atoms with Gasteiger partial charge in [-0.3, -0.25) is 4.79 Å². The third kappa shape index (κ3) is 3.42. The zero-order chi connectivity index (χ0) is 14.5. The molecule has 0 bridgehead atoms. The van der Waals surface area contributed by atoms with E-state index in [4.69, 9.17) is 4.74 Å². The molecule has 3 nitrogen and oxygen atoms in total. The molecule has 104 valence electrons. The number of ketones is 1. The summed E-state index contributed by atoms with van der Waals surface area (Å²) in [5.74, 6) is -0.803. The first-order valence-electron chi connectivity index (χ1n) is 6.24. The monoisotopic (exact) mass is 274 g/mol. The lowest BCUT2D eigenvalue weighted by Gasteiger charge is -2.13. The summed E-state index contributed by atoms with van der Waals surface area (Å²) >= 11 is 0. The fourth-order valence-electron chi connectivity index (χ4n) is 1.78. The number of ether oxygens (including phenoxy) is 1. The van der Waals surface area contributed by atoms with Crippen LogP contribution in [0.1, 0.15) is 28.9 Å². The minimum Gasteiger partial charge on any atom is -0.487 e. The Kier molecular flexibility index (Phi) is 4.48. The first-order valence-corrected chi connectivity index (χ1v) is 6.24. The van der Waals surface area contributed by atoms with E-state index in [-0.39, 0.29) is 18.1 Å². The highest BCUT2D eigenvalue weighted by Gasteiger charge is 2.11. The van der Waals surface area contributed by atoms with Gasteiger partial charge < -0.3 is 9.84 Å². The summed E-state index contributed by atoms with van der Waals surface area (Å²) in [4.78, 5) is 11.1. The van der Waals surface area contributed by atoms with Crippen LogP contribution < -0.4 is 4.74 Å². The third-order valence-electron chi connectivity index (χ3n) is 2.92. The average Bonchev–Trinajstić information content (AvgIpc) is 2.46. The van der Waals surface area contributed by atoms with E-state index in [9.17, 15) is 14.3 Å². The third-order valence-corrected chi connectivity index (χ3v) is 2.92. The molecule has 1 unspecified atom stereocenters. The number of hydrogen-bond donors (Lipinski definition) is 1. The molecule has 0 aliphatic heterocycles. The molecule has 0 heterocycles. The van der Waals surface area contributed by atoms with Crippen molar-refractivity contribution in [2.75, 3.05) is 6.61 Å². The van der Waals surface area contributed by atoms with Gasteiger partial charge in [0, 0.05) is 5.56 Å². The van der Waals surface area contributed by atoms with Gasteiger partial charge in [-0.2, -0.15) is 0 Å². The average molecular weight is 274 g/mol. The van der Waals surface area contributed by atoms with E-state index in [2.05, 4.69) is 0 Å². The van der Waals surface area contributed by atoms with Crippen molar-refractivity contribution in [3.8, 4) is 5.75 Å². The maximum atomic E-state index is 13.7. The maximum absolute atomic E-state index is 13.7. The highest BCUT2D eigenvalue weighted by molar-refractivity contribution is 5.94. The standard InChI is InChI=1S/C16H15FO3/c1-11(18)13-7-8-16(14(17)9-13)20-10-15(19)12-5-3-2-4-6-12/h2-9,15,19H,10H2,1H3. The maximum Gasteiger partial charge on any atom is 0.165 e. The molecule has 2 rings (SSSR count). The van der Waals surface area contributed by atoms with E-state index in [1.807, 2.05) is 6.07 Å². The first kappa shape index (κ1) is 14.2. The molecular formula is C16H15FO3. The summed E-state index contributed by atoms with van der Waals surface area (Å²) in [7, 11) is 0. The molecule has 1 atom stereocenters. The Morgan fingerprint density at radius 2 is 1.95 bits per heavy atom. The van der Waals surface area contributed by atoms with E-state index in [0.29, 0.717) is 11.1 Å². The molecule has 1 N–H and O–H groups in total. The molecule has 0 radical (unpaired) electrons. The van der Waals surface area contributed by atoms with Crippen molar-refractivity contribution in [3.63, 3.8) is 0 Å². The van der Waals surface area contributed by atoms with Crippen LogP contribution >= 0.6 is 0 Å². The topological polar surface area (TPSA) is 46.5 Å². The van der Waals surface area contributed by atoms with Crippen LogP contribution in [0.3, 0.4) is 0 Å². The van der Waals surface area contributed by atoms with Crippen LogP contribution in [0.4, 0.5) is 4.39 Å². The van der Waals surface area contributed by atoms with Crippen LogP contribution in [-0.4, -0.2) is 17.5 Å². The van der Waals surface area contributed by atoms with Crippen molar-refractivity contribution < 1.29 is 19.0 Å². The van der Waals surface area contributed by atoms with Gasteiger partial charge in [0.1, 0.15) is 12.7 Å². The van der Waals surface area contributed by atoms with Crippen LogP contribution in [0.25, 0.3) is 0 Å². The fourth-order valence-corrected chi connectivity index (χ4v) is 1.78. The fraction of sp³-hybridized carbons (Fsp3) is 0.188. The molecule has 0 amide bonds. The molecule has 0 aliphatic rings. The van der Waals surface area contributed by atoms with E-state index < -0.39 is 11.9 Å². The van der Waals surface area contributed by atoms with E-state index in [1.165, 1.54) is 19.1 Å². The van der Waals surface area contributed by atoms with Crippen LogP contribution in [0.15, 0.2) is 48.5 Å². The number of Topliss-reactive ketones (excluding diaryl/α,β-unsaturated/α-hetero) is 1. The lowest BCUT2D eigenvalue weighted by Crippen LogP contribution is -2.10. The molecule has 0 spiro atoms. The molecule has 2 aromatic rings. The van der Waals surface area contributed by atoms with Crippen molar-refractivity contribution in [1.82, 2.24) is 0 Å². The van der Waals surface area contributed by atoms with Gasteiger partial charge in [0.25, 0.3) is 0 Å². The summed E-state index contributed by atoms with van der Waals surface area (Å²) in [6.07, 6.45) is -0.830. The number of hydrogen-bond acceptors (Lipinski definition) is 3. The summed E-state index contributed by atoms with van der Waals surface area (Å²) < 4.78 is 19.0. The lowest BCUT2D eigenvalue weighted by molar-refractivity contribution is 0.101. The minimum absolute atomic E-state index is 0.0185. The van der Waals surface area contributed by atoms with Crippen molar-refractivity contribution in [3.05, 3.63) is 65.5 Å². The van der Waals surface area contributed by atoms with Crippen molar-refractivity contribution in [2.24, 2.45) is 0 Å². The van der Waals surface area contributed by atoms with Gasteiger partial charge in [-0.05, 0) is 30.7 Å². The predicted octanol–water partition coefficient (Wildman–Crippen LogP) is 3.14. The summed E-state index contributed by atoms with van der Waals surface area (Å²) in [5, 5.41) is 9.91. The molecule has 0 saturated heterocycles. The van der Waals surface area contributed by atoms with Gasteiger partial charge in [-0.1, -0.05) is 30.3 Å². The second-order valence-electron chi connectivity index (χ2n) is 4.44. The van der Waals surface area contributed by atoms with Crippen LogP contribution in [0, 0.1) is 5.82 Å². The van der Waals surface area contributed by atoms with Gasteiger partial charge in [0.15, 0.2) is 17.3 Å². The van der Waals surface area contributed by atoms with E-state index in [0.717, 1.165) is 6.07 Å². The Morgan fingerprint density at radius 1 is 1.25 bits per heavy atom. The highest BCUT2D eigenvalue weighted by Crippen LogP contribution is 2.21. The minimum atomic E-state index is -0.830. The Morgan fingerprint density at radius 3 is 2.55 bits per heavy atom. The van der Waals surface area contributed by atoms with Gasteiger partial charge in [0.2, 0.25) is 0 Å². The number of carbonyl (C=O) groups excluding carboxylic acids is 1. The summed E-state index contributed by atoms with van der Waals surface area (Å²) in [5.41, 5.74) is 0.992. The Balaban J connectivity index is 2.02. The first-order chi connectivity index (χ1) is 9.58. The SMILES string of the molecule is CC(=O)c1ccc(OCC(O)c2ccccc2)c(F)c1. The number of aliphatic hydroxyl groups excluding tert-OH is 1. The smallest absolute Gasteiger partial charge is 0.165 e. The Hall–Kier alpha value is -2.20. The van der Waals surface area contributed by atoms with Crippen molar-refractivity contribution in [2.45, 2.75) is 13.0 Å². The molecule has 4 heteroatoms. The van der Waals surface area contributed by atoms with Crippen molar-refractivity contribution >= 4 is 5.78 Å². The number of carbonyl (C=O) groups is 1. The molecule has 0 saturated carbocycles. The zero-order valence-corrected chi connectivity index (χ0v) is 11.0. The largest absolute Gasteiger partial charge is 0.487 e. The Bertz CT molecular complexity index is 596. The molecule has 20 heavy (non-hydrogen) atoms. The van der Waals surface area contributed by atoms with E-state index in [1.54, 1.807) is 24.3 Å². The second-order valence-corrected chi connectivity index (χ2v) is 4.44. The summed E-state index contributed by atoms with van der Waals surface area (Å²) in [6.45, 7) is 1.31. The van der Waals surface area contributed by atoms with Gasteiger partial charge in [-0.15, -0.1) is 0 Å². The number of aliphatic hydroxyl groups is 1. The number of benzene rings is 2. The number of rotatable bonds is 5. The lowest BCUT2D eigenvalue weighted by atomic mass is 10.1. The molecule has 2 aromatic carbocycles. The van der Waals surface area contributed by atoms with Crippen LogP contribution in [-0.2, 0) is 0 Å². The normalized spacial score (nSPS) is 11.9. The molecule has 0 aliphatic carbocycles. The van der Waals surface area contributed by atoms with E-state index >= 15 is 0 Å². The quantitative estimate of drug-likeness (QED) is 0.852. The molecular weight excluding hydrogens is 259 g/mol. The number of halogens is 1. The summed E-state index contributed by atoms with van der Waals surface area (Å²) in [6, 6.07) is 13.0. The predicted molar refractivity (Wildman–Crippen MR) is 73.3 cm³/mol. The van der Waals surface area contributed by atoms with Crippen LogP contribution in [0.2, 0.25) is 0 Å². The highest BCUT2D eigenvalue weighted by atomic mass is 19.1. The second kappa shape index (κ2) is 6.30. The van der Waals surface area contributed by atoms with Gasteiger partial charge >= 0.3 is 0 Å². The van der Waals surface area contributed by atoms with Crippen molar-refractivity contribution in [1.29, 1.82) is 0 Å². The van der Waals surface area contributed by atoms with Gasteiger partial charge in [0.05, 0.1) is 0 Å². The van der Waals surface area contributed by atoms with Crippen LogP contribution in [0.5, 0.6) is 5.75 Å². The molecule has 0 aromatic heterocycles. The zero-order valence-electron chi connectivity index (χ0n) is 11.0.